The number of pyridine rings is 1. The van der Waals surface area contributed by atoms with Gasteiger partial charge >= 0.3 is 0 Å². The minimum absolute atomic E-state index is 0.604. The van der Waals surface area contributed by atoms with E-state index in [0.717, 1.165) is 13.1 Å². The molecule has 3 heteroatoms. The molecule has 1 aliphatic heterocycles. The first kappa shape index (κ1) is 8.08. The molecule has 1 aromatic rings. The molecule has 1 aromatic heterocycles. The van der Waals surface area contributed by atoms with Crippen molar-refractivity contribution >= 4 is 11.8 Å². The minimum atomic E-state index is 0.604. The quantitative estimate of drug-likeness (QED) is 0.708. The van der Waals surface area contributed by atoms with Gasteiger partial charge in [-0.25, -0.2) is 0 Å². The predicted octanol–water partition coefficient (Wildman–Crippen LogP) is 1.46. The van der Waals surface area contributed by atoms with Crippen LogP contribution in [0.2, 0.25) is 0 Å². The molecule has 1 N–H and O–H groups in total. The Bertz CT molecular complexity index is 232. The van der Waals surface area contributed by atoms with Gasteiger partial charge in [0.1, 0.15) is 0 Å². The molecule has 1 atom stereocenters. The van der Waals surface area contributed by atoms with Gasteiger partial charge in [0.25, 0.3) is 0 Å². The molecule has 2 nitrogen and oxygen atoms in total. The molecular formula is C9H12N2S. The third kappa shape index (κ3) is 1.79. The second-order valence-corrected chi connectivity index (χ2v) is 4.16. The van der Waals surface area contributed by atoms with Crippen molar-refractivity contribution < 1.29 is 0 Å². The fourth-order valence-corrected chi connectivity index (χ4v) is 2.46. The molecule has 2 heterocycles. The first-order valence-electron chi connectivity index (χ1n) is 4.19. The van der Waals surface area contributed by atoms with E-state index in [-0.39, 0.29) is 0 Å². The Labute approximate surface area is 76.8 Å². The van der Waals surface area contributed by atoms with Crippen LogP contribution in [0.15, 0.2) is 24.5 Å². The van der Waals surface area contributed by atoms with Gasteiger partial charge in [-0.1, -0.05) is 6.07 Å². The van der Waals surface area contributed by atoms with Crippen molar-refractivity contribution in [1.82, 2.24) is 10.3 Å². The molecule has 1 fully saturated rings. The smallest absolute Gasteiger partial charge is 0.0437 e. The van der Waals surface area contributed by atoms with Crippen LogP contribution in [0, 0.1) is 0 Å². The van der Waals surface area contributed by atoms with E-state index in [9.17, 15) is 0 Å². The summed E-state index contributed by atoms with van der Waals surface area (Å²) < 4.78 is 0. The molecule has 64 valence electrons. The summed E-state index contributed by atoms with van der Waals surface area (Å²) in [6.07, 6.45) is 3.79. The van der Waals surface area contributed by atoms with E-state index < -0.39 is 0 Å². The van der Waals surface area contributed by atoms with Crippen molar-refractivity contribution in [3.8, 4) is 0 Å². The van der Waals surface area contributed by atoms with Gasteiger partial charge in [-0.15, -0.1) is 0 Å². The lowest BCUT2D eigenvalue weighted by atomic mass is 10.2. The van der Waals surface area contributed by atoms with Crippen molar-refractivity contribution in [2.75, 3.05) is 18.8 Å². The minimum Gasteiger partial charge on any atom is -0.314 e. The summed E-state index contributed by atoms with van der Waals surface area (Å²) in [7, 11) is 0. The number of nitrogens with one attached hydrogen (secondary N) is 1. The average Bonchev–Trinajstić information content (AvgIpc) is 2.21. The van der Waals surface area contributed by atoms with Gasteiger partial charge in [-0.3, -0.25) is 4.98 Å². The highest BCUT2D eigenvalue weighted by molar-refractivity contribution is 7.99. The number of aromatic nitrogens is 1. The van der Waals surface area contributed by atoms with Gasteiger partial charge in [0.15, 0.2) is 0 Å². The largest absolute Gasteiger partial charge is 0.314 e. The maximum absolute atomic E-state index is 4.12. The molecule has 1 aliphatic rings. The third-order valence-electron chi connectivity index (χ3n) is 1.98. The lowest BCUT2D eigenvalue weighted by molar-refractivity contribution is 0.688. The highest BCUT2D eigenvalue weighted by atomic mass is 32.2. The van der Waals surface area contributed by atoms with E-state index in [2.05, 4.69) is 16.4 Å². The Balaban J connectivity index is 2.08. The lowest BCUT2D eigenvalue weighted by Gasteiger charge is -2.22. The van der Waals surface area contributed by atoms with Crippen LogP contribution >= 0.6 is 11.8 Å². The molecule has 12 heavy (non-hydrogen) atoms. The summed E-state index contributed by atoms with van der Waals surface area (Å²) in [6.45, 7) is 2.22. The second-order valence-electron chi connectivity index (χ2n) is 2.85. The summed E-state index contributed by atoms with van der Waals surface area (Å²) in [5, 5.41) is 3.99. The maximum Gasteiger partial charge on any atom is 0.0437 e. The fourth-order valence-electron chi connectivity index (χ4n) is 1.35. The molecule has 0 unspecified atom stereocenters. The van der Waals surface area contributed by atoms with Gasteiger partial charge in [-0.2, -0.15) is 11.8 Å². The van der Waals surface area contributed by atoms with Crippen molar-refractivity contribution in [3.63, 3.8) is 0 Å². The zero-order valence-electron chi connectivity index (χ0n) is 6.86. The SMILES string of the molecule is c1cncc([C@@H]2CNCCS2)c1. The van der Waals surface area contributed by atoms with E-state index in [1.54, 1.807) is 0 Å². The van der Waals surface area contributed by atoms with Crippen LogP contribution < -0.4 is 5.32 Å². The normalized spacial score (nSPS) is 23.8. The van der Waals surface area contributed by atoms with Crippen LogP contribution in [0.25, 0.3) is 0 Å². The summed E-state index contributed by atoms with van der Waals surface area (Å²) in [4.78, 5) is 4.12. The van der Waals surface area contributed by atoms with Crippen molar-refractivity contribution in [3.05, 3.63) is 30.1 Å². The first-order valence-corrected chi connectivity index (χ1v) is 5.24. The first-order chi connectivity index (χ1) is 5.97. The molecule has 0 aliphatic carbocycles. The Morgan fingerprint density at radius 2 is 2.58 bits per heavy atom. The zero-order chi connectivity index (χ0) is 8.23. The molecule has 2 rings (SSSR count). The number of thioether (sulfide) groups is 1. The highest BCUT2D eigenvalue weighted by Gasteiger charge is 2.14. The molecule has 0 amide bonds. The van der Waals surface area contributed by atoms with Crippen LogP contribution in [0.5, 0.6) is 0 Å². The van der Waals surface area contributed by atoms with Crippen molar-refractivity contribution in [2.24, 2.45) is 0 Å². The van der Waals surface area contributed by atoms with Crippen LogP contribution in [-0.4, -0.2) is 23.8 Å². The van der Waals surface area contributed by atoms with Crippen LogP contribution in [0.1, 0.15) is 10.8 Å². The number of hydrogen-bond donors (Lipinski definition) is 1. The summed E-state index contributed by atoms with van der Waals surface area (Å²) in [6, 6.07) is 4.15. The van der Waals surface area contributed by atoms with E-state index in [4.69, 9.17) is 0 Å². The van der Waals surface area contributed by atoms with E-state index in [0.29, 0.717) is 5.25 Å². The van der Waals surface area contributed by atoms with Gasteiger partial charge < -0.3 is 5.32 Å². The van der Waals surface area contributed by atoms with E-state index >= 15 is 0 Å². The topological polar surface area (TPSA) is 24.9 Å². The Morgan fingerprint density at radius 3 is 3.25 bits per heavy atom. The molecule has 1 saturated heterocycles. The van der Waals surface area contributed by atoms with Crippen LogP contribution in [-0.2, 0) is 0 Å². The fraction of sp³-hybridized carbons (Fsp3) is 0.444. The zero-order valence-corrected chi connectivity index (χ0v) is 7.68. The monoisotopic (exact) mass is 180 g/mol. The van der Waals surface area contributed by atoms with E-state index in [1.165, 1.54) is 11.3 Å². The van der Waals surface area contributed by atoms with Crippen molar-refractivity contribution in [1.29, 1.82) is 0 Å². The maximum atomic E-state index is 4.12. The van der Waals surface area contributed by atoms with Crippen LogP contribution in [0.4, 0.5) is 0 Å². The molecule has 0 bridgehead atoms. The van der Waals surface area contributed by atoms with Gasteiger partial charge in [0, 0.05) is 36.5 Å². The highest BCUT2D eigenvalue weighted by Crippen LogP contribution is 2.28. The summed E-state index contributed by atoms with van der Waals surface area (Å²) >= 11 is 2.01. The summed E-state index contributed by atoms with van der Waals surface area (Å²) in [5.41, 5.74) is 1.34. The predicted molar refractivity (Wildman–Crippen MR) is 52.3 cm³/mol. The lowest BCUT2D eigenvalue weighted by Crippen LogP contribution is -2.28. The average molecular weight is 180 g/mol. The van der Waals surface area contributed by atoms with Gasteiger partial charge in [0.05, 0.1) is 0 Å². The Hall–Kier alpha value is -0.540. The van der Waals surface area contributed by atoms with Crippen molar-refractivity contribution in [2.45, 2.75) is 5.25 Å². The molecule has 0 saturated carbocycles. The molecular weight excluding hydrogens is 168 g/mol. The van der Waals surface area contributed by atoms with E-state index in [1.807, 2.05) is 30.2 Å². The molecule has 0 aromatic carbocycles. The Morgan fingerprint density at radius 1 is 1.58 bits per heavy atom. The molecule has 0 radical (unpaired) electrons. The standard InChI is InChI=1S/C9H12N2S/c1-2-8(6-10-3-1)9-7-11-4-5-12-9/h1-3,6,9,11H,4-5,7H2/t9-/m0/s1. The molecule has 0 spiro atoms. The van der Waals surface area contributed by atoms with Crippen LogP contribution in [0.3, 0.4) is 0 Å². The van der Waals surface area contributed by atoms with Gasteiger partial charge in [0.2, 0.25) is 0 Å². The summed E-state index contributed by atoms with van der Waals surface area (Å²) in [5.74, 6) is 1.21. The van der Waals surface area contributed by atoms with Gasteiger partial charge in [-0.05, 0) is 11.6 Å². The number of rotatable bonds is 1. The number of hydrogen-bond acceptors (Lipinski definition) is 3. The second kappa shape index (κ2) is 3.92. The Kier molecular flexibility index (Phi) is 2.64. The number of nitrogens with zero attached hydrogens (tertiary/aromatic N) is 1. The third-order valence-corrected chi connectivity index (χ3v) is 3.26.